The summed E-state index contributed by atoms with van der Waals surface area (Å²) in [5.74, 6) is 0.865. The molecule has 1 aliphatic heterocycles. The molecule has 0 saturated carbocycles. The fourth-order valence-electron chi connectivity index (χ4n) is 6.72. The smallest absolute Gasteiger partial charge is 0.136 e. The summed E-state index contributed by atoms with van der Waals surface area (Å²) in [6.45, 7) is 0. The highest BCUT2D eigenvalue weighted by Gasteiger charge is 2.27. The van der Waals surface area contributed by atoms with Gasteiger partial charge in [0.2, 0.25) is 0 Å². The normalized spacial score (nSPS) is 16.7. The van der Waals surface area contributed by atoms with Crippen molar-refractivity contribution in [3.05, 3.63) is 168 Å². The maximum absolute atomic E-state index is 6.54. The lowest BCUT2D eigenvalue weighted by molar-refractivity contribution is 0.411. The van der Waals surface area contributed by atoms with E-state index < -0.39 is 0 Å². The average molecular weight is 580 g/mol. The molecule has 2 heterocycles. The minimum atomic E-state index is -0.198. The number of rotatable bonds is 4. The van der Waals surface area contributed by atoms with E-state index in [1.54, 1.807) is 0 Å². The number of nitrogens with zero attached hydrogens (tertiary/aromatic N) is 1. The van der Waals surface area contributed by atoms with Crippen molar-refractivity contribution in [3.8, 4) is 11.1 Å². The van der Waals surface area contributed by atoms with Crippen LogP contribution < -0.4 is 10.6 Å². The lowest BCUT2D eigenvalue weighted by Crippen LogP contribution is -2.45. The molecule has 0 aliphatic carbocycles. The van der Waals surface area contributed by atoms with Crippen molar-refractivity contribution in [2.45, 2.75) is 12.3 Å². The van der Waals surface area contributed by atoms with Gasteiger partial charge in [0.15, 0.2) is 0 Å². The Labute approximate surface area is 260 Å². The zero-order valence-electron chi connectivity index (χ0n) is 24.4. The third-order valence-corrected chi connectivity index (χ3v) is 8.95. The monoisotopic (exact) mass is 579 g/mol. The Kier molecular flexibility index (Phi) is 6.00. The van der Waals surface area contributed by atoms with Crippen LogP contribution in [-0.4, -0.2) is 5.84 Å². The highest BCUT2D eigenvalue weighted by Crippen LogP contribution is 2.38. The summed E-state index contributed by atoms with van der Waals surface area (Å²) in [5, 5.41) is 14.7. The van der Waals surface area contributed by atoms with Gasteiger partial charge in [0.05, 0.1) is 0 Å². The Morgan fingerprint density at radius 1 is 0.511 bits per heavy atom. The SMILES string of the molecule is c1ccc(C2=NC(c3ccccc3)NC(c3cccc4oc5cc(-c6ccc7ccc8ccccc8c7c6)ccc5c34)N2)cc1. The van der Waals surface area contributed by atoms with Crippen molar-refractivity contribution in [1.29, 1.82) is 0 Å². The van der Waals surface area contributed by atoms with Gasteiger partial charge in [-0.25, -0.2) is 4.99 Å². The van der Waals surface area contributed by atoms with Gasteiger partial charge in [-0.2, -0.15) is 0 Å². The minimum Gasteiger partial charge on any atom is -0.456 e. The second-order valence-corrected chi connectivity index (χ2v) is 11.7. The third kappa shape index (κ3) is 4.46. The van der Waals surface area contributed by atoms with Crippen LogP contribution in [0, 0.1) is 0 Å². The van der Waals surface area contributed by atoms with Crippen molar-refractivity contribution < 1.29 is 4.42 Å². The zero-order chi connectivity index (χ0) is 29.7. The molecule has 9 rings (SSSR count). The molecule has 1 aliphatic rings. The van der Waals surface area contributed by atoms with Gasteiger partial charge in [-0.3, -0.25) is 5.32 Å². The largest absolute Gasteiger partial charge is 0.456 e. The van der Waals surface area contributed by atoms with Gasteiger partial charge >= 0.3 is 0 Å². The molecule has 4 heteroatoms. The maximum Gasteiger partial charge on any atom is 0.136 e. The minimum absolute atomic E-state index is 0.180. The van der Waals surface area contributed by atoms with Gasteiger partial charge in [0.1, 0.15) is 29.3 Å². The van der Waals surface area contributed by atoms with E-state index in [4.69, 9.17) is 9.41 Å². The first-order valence-electron chi connectivity index (χ1n) is 15.4. The van der Waals surface area contributed by atoms with Gasteiger partial charge in [0.25, 0.3) is 0 Å². The van der Waals surface area contributed by atoms with Gasteiger partial charge in [0, 0.05) is 21.9 Å². The van der Waals surface area contributed by atoms with Crippen LogP contribution in [0.2, 0.25) is 0 Å². The number of aliphatic imine (C=N–C) groups is 1. The van der Waals surface area contributed by atoms with Crippen LogP contribution in [-0.2, 0) is 0 Å². The highest BCUT2D eigenvalue weighted by atomic mass is 16.3. The molecular weight excluding hydrogens is 550 g/mol. The van der Waals surface area contributed by atoms with Crippen molar-refractivity contribution in [3.63, 3.8) is 0 Å². The summed E-state index contributed by atoms with van der Waals surface area (Å²) in [6.07, 6.45) is -0.377. The standard InChI is InChI=1S/C41H29N3O/c1-3-11-28(12-4-1)39-42-40(29-13-5-2-6-14-29)44-41(43-39)34-16-9-17-36-38(34)33-23-22-31(25-37(33)45-36)30-21-20-27-19-18-26-10-7-8-15-32(26)35(27)24-30/h1-25,39,41,43H,(H,42,44). The quantitative estimate of drug-likeness (QED) is 0.204. The second kappa shape index (κ2) is 10.5. The van der Waals surface area contributed by atoms with Crippen LogP contribution in [0.25, 0.3) is 54.6 Å². The lowest BCUT2D eigenvalue weighted by atomic mass is 9.96. The number of hydrogen-bond donors (Lipinski definition) is 2. The Bertz CT molecular complexity index is 2390. The number of benzene rings is 7. The summed E-state index contributed by atoms with van der Waals surface area (Å²) in [6, 6.07) is 53.3. The first-order chi connectivity index (χ1) is 22.3. The fourth-order valence-corrected chi connectivity index (χ4v) is 6.72. The number of furan rings is 1. The van der Waals surface area contributed by atoms with Crippen molar-refractivity contribution in [1.82, 2.24) is 10.6 Å². The summed E-state index contributed by atoms with van der Waals surface area (Å²) >= 11 is 0. The summed E-state index contributed by atoms with van der Waals surface area (Å²) in [7, 11) is 0. The topological polar surface area (TPSA) is 49.6 Å². The number of hydrogen-bond acceptors (Lipinski definition) is 4. The molecule has 0 amide bonds. The van der Waals surface area contributed by atoms with Crippen molar-refractivity contribution >= 4 is 49.3 Å². The molecule has 0 fully saturated rings. The molecule has 7 aromatic carbocycles. The summed E-state index contributed by atoms with van der Waals surface area (Å²) in [4.78, 5) is 5.08. The van der Waals surface area contributed by atoms with E-state index in [2.05, 4.69) is 138 Å². The van der Waals surface area contributed by atoms with Crippen LogP contribution in [0.4, 0.5) is 0 Å². The number of amidine groups is 1. The lowest BCUT2D eigenvalue weighted by Gasteiger charge is -2.32. The van der Waals surface area contributed by atoms with Crippen molar-refractivity contribution in [2.75, 3.05) is 0 Å². The van der Waals surface area contributed by atoms with Crippen LogP contribution >= 0.6 is 0 Å². The molecular formula is C41H29N3O. The van der Waals surface area contributed by atoms with Gasteiger partial charge < -0.3 is 9.73 Å². The predicted molar refractivity (Wildman–Crippen MR) is 185 cm³/mol. The Morgan fingerprint density at radius 3 is 2.09 bits per heavy atom. The average Bonchev–Trinajstić information content (AvgIpc) is 3.50. The maximum atomic E-state index is 6.54. The van der Waals surface area contributed by atoms with E-state index in [1.165, 1.54) is 27.1 Å². The van der Waals surface area contributed by atoms with E-state index in [1.807, 2.05) is 24.3 Å². The molecule has 8 aromatic rings. The van der Waals surface area contributed by atoms with E-state index in [0.717, 1.165) is 50.0 Å². The first kappa shape index (κ1) is 25.8. The van der Waals surface area contributed by atoms with Crippen LogP contribution in [0.3, 0.4) is 0 Å². The molecule has 1 aromatic heterocycles. The molecule has 2 atom stereocenters. The number of nitrogens with one attached hydrogen (secondary N) is 2. The Balaban J connectivity index is 1.15. The molecule has 0 saturated heterocycles. The molecule has 0 radical (unpaired) electrons. The third-order valence-electron chi connectivity index (χ3n) is 8.95. The molecule has 4 nitrogen and oxygen atoms in total. The zero-order valence-corrected chi connectivity index (χ0v) is 24.4. The van der Waals surface area contributed by atoms with Crippen LogP contribution in [0.1, 0.15) is 29.0 Å². The molecule has 2 unspecified atom stereocenters. The molecule has 0 bridgehead atoms. The molecule has 2 N–H and O–H groups in total. The van der Waals surface area contributed by atoms with E-state index in [0.29, 0.717) is 0 Å². The molecule has 45 heavy (non-hydrogen) atoms. The van der Waals surface area contributed by atoms with E-state index in [9.17, 15) is 0 Å². The predicted octanol–water partition coefficient (Wildman–Crippen LogP) is 9.90. The Morgan fingerprint density at radius 2 is 1.22 bits per heavy atom. The number of fused-ring (bicyclic) bond motifs is 6. The van der Waals surface area contributed by atoms with E-state index in [-0.39, 0.29) is 12.3 Å². The van der Waals surface area contributed by atoms with Gasteiger partial charge in [-0.05, 0) is 62.5 Å². The fraction of sp³-hybridized carbons (Fsp3) is 0.0488. The Hall–Kier alpha value is -5.71. The van der Waals surface area contributed by atoms with E-state index >= 15 is 0 Å². The van der Waals surface area contributed by atoms with Gasteiger partial charge in [-0.15, -0.1) is 0 Å². The highest BCUT2D eigenvalue weighted by molar-refractivity contribution is 6.10. The second-order valence-electron chi connectivity index (χ2n) is 11.7. The van der Waals surface area contributed by atoms with Gasteiger partial charge in [-0.1, -0.05) is 127 Å². The summed E-state index contributed by atoms with van der Waals surface area (Å²) in [5.41, 5.74) is 7.35. The first-order valence-corrected chi connectivity index (χ1v) is 15.4. The summed E-state index contributed by atoms with van der Waals surface area (Å²) < 4.78 is 6.54. The molecule has 214 valence electrons. The molecule has 0 spiro atoms. The van der Waals surface area contributed by atoms with Crippen molar-refractivity contribution in [2.24, 2.45) is 4.99 Å². The van der Waals surface area contributed by atoms with Crippen LogP contribution in [0.15, 0.2) is 161 Å². The van der Waals surface area contributed by atoms with Crippen LogP contribution in [0.5, 0.6) is 0 Å².